The van der Waals surface area contributed by atoms with Gasteiger partial charge in [-0.15, -0.1) is 0 Å². The smallest absolute Gasteiger partial charge is 0.305 e. The molecule has 0 N–H and O–H groups in total. The van der Waals surface area contributed by atoms with Crippen molar-refractivity contribution in [1.82, 2.24) is 0 Å². The quantitative estimate of drug-likeness (QED) is 0.585. The number of ether oxygens (including phenoxy) is 2. The number of aryl methyl sites for hydroxylation is 1. The minimum atomic E-state index is -0.189. The normalized spacial score (nSPS) is 11.2. The van der Waals surface area contributed by atoms with E-state index in [1.54, 1.807) is 0 Å². The molecule has 0 amide bonds. The van der Waals surface area contributed by atoms with E-state index in [2.05, 4.69) is 44.6 Å². The van der Waals surface area contributed by atoms with Gasteiger partial charge in [-0.05, 0) is 35.4 Å². The summed E-state index contributed by atoms with van der Waals surface area (Å²) in [4.78, 5) is 11.1. The summed E-state index contributed by atoms with van der Waals surface area (Å²) < 4.78 is 10.5. The van der Waals surface area contributed by atoms with Crippen LogP contribution in [0.3, 0.4) is 0 Å². The molecule has 0 aliphatic rings. The molecule has 0 aliphatic heterocycles. The molecular formula is C17H26O3. The Morgan fingerprint density at radius 2 is 1.95 bits per heavy atom. The maximum absolute atomic E-state index is 11.1. The average molecular weight is 278 g/mol. The maximum Gasteiger partial charge on any atom is 0.305 e. The van der Waals surface area contributed by atoms with Crippen LogP contribution in [0.15, 0.2) is 18.2 Å². The molecular weight excluding hydrogens is 252 g/mol. The molecule has 0 saturated heterocycles. The van der Waals surface area contributed by atoms with E-state index in [-0.39, 0.29) is 11.4 Å². The predicted octanol–water partition coefficient (Wildman–Crippen LogP) is 3.88. The van der Waals surface area contributed by atoms with E-state index in [9.17, 15) is 4.79 Å². The highest BCUT2D eigenvalue weighted by molar-refractivity contribution is 5.69. The van der Waals surface area contributed by atoms with Gasteiger partial charge in [-0.2, -0.15) is 0 Å². The van der Waals surface area contributed by atoms with E-state index >= 15 is 0 Å². The average Bonchev–Trinajstić information content (AvgIpc) is 2.42. The Balaban J connectivity index is 2.72. The fraction of sp³-hybridized carbons (Fsp3) is 0.588. The third kappa shape index (κ3) is 4.87. The van der Waals surface area contributed by atoms with Gasteiger partial charge in [-0.3, -0.25) is 4.79 Å². The zero-order chi connectivity index (χ0) is 15.2. The van der Waals surface area contributed by atoms with Crippen LogP contribution in [0.2, 0.25) is 0 Å². The summed E-state index contributed by atoms with van der Waals surface area (Å²) in [6.45, 7) is 9.23. The predicted molar refractivity (Wildman–Crippen MR) is 81.3 cm³/mol. The number of benzene rings is 1. The minimum absolute atomic E-state index is 0.0445. The van der Waals surface area contributed by atoms with E-state index in [0.29, 0.717) is 19.4 Å². The summed E-state index contributed by atoms with van der Waals surface area (Å²) in [6, 6.07) is 6.36. The molecule has 0 atom stereocenters. The molecule has 0 bridgehead atoms. The van der Waals surface area contributed by atoms with Gasteiger partial charge >= 0.3 is 5.97 Å². The maximum atomic E-state index is 11.1. The lowest BCUT2D eigenvalue weighted by Crippen LogP contribution is -2.14. The lowest BCUT2D eigenvalue weighted by molar-refractivity contribution is -0.140. The van der Waals surface area contributed by atoms with Gasteiger partial charge in [0.2, 0.25) is 0 Å². The highest BCUT2D eigenvalue weighted by Gasteiger charge is 2.19. The van der Waals surface area contributed by atoms with E-state index < -0.39 is 0 Å². The first-order valence-corrected chi connectivity index (χ1v) is 7.21. The Bertz CT molecular complexity index is 444. The van der Waals surface area contributed by atoms with Crippen molar-refractivity contribution in [3.63, 3.8) is 0 Å². The van der Waals surface area contributed by atoms with Crippen molar-refractivity contribution in [1.29, 1.82) is 0 Å². The minimum Gasteiger partial charge on any atom is -0.493 e. The lowest BCUT2D eigenvalue weighted by atomic mass is 9.85. The van der Waals surface area contributed by atoms with Crippen LogP contribution in [0.5, 0.6) is 5.75 Å². The molecule has 1 rings (SSSR count). The Morgan fingerprint density at radius 1 is 1.25 bits per heavy atom. The number of esters is 1. The summed E-state index contributed by atoms with van der Waals surface area (Å²) in [7, 11) is 1.41. The number of hydrogen-bond acceptors (Lipinski definition) is 3. The second-order valence-electron chi connectivity index (χ2n) is 5.96. The van der Waals surface area contributed by atoms with Crippen LogP contribution in [0.4, 0.5) is 0 Å². The third-order valence-corrected chi connectivity index (χ3v) is 3.27. The monoisotopic (exact) mass is 278 g/mol. The number of methoxy groups -OCH3 is 1. The zero-order valence-electron chi connectivity index (χ0n) is 13.3. The first-order chi connectivity index (χ1) is 9.38. The number of rotatable bonds is 6. The second kappa shape index (κ2) is 7.32. The Hall–Kier alpha value is -1.51. The summed E-state index contributed by atoms with van der Waals surface area (Å²) in [5.41, 5.74) is 2.58. The van der Waals surface area contributed by atoms with Crippen molar-refractivity contribution in [2.24, 2.45) is 0 Å². The van der Waals surface area contributed by atoms with Gasteiger partial charge in [0.15, 0.2) is 0 Å². The fourth-order valence-corrected chi connectivity index (χ4v) is 2.01. The van der Waals surface area contributed by atoms with Gasteiger partial charge in [-0.1, -0.05) is 39.8 Å². The Labute approximate surface area is 122 Å². The van der Waals surface area contributed by atoms with Crippen molar-refractivity contribution in [3.8, 4) is 5.75 Å². The standard InChI is InChI=1S/C17H26O3/c1-6-13-9-10-15(14(12-13)17(2,3)4)20-11-7-8-16(18)19-5/h9-10,12H,6-8,11H2,1-5H3. The zero-order valence-corrected chi connectivity index (χ0v) is 13.3. The van der Waals surface area contributed by atoms with Crippen LogP contribution in [0, 0.1) is 0 Å². The second-order valence-corrected chi connectivity index (χ2v) is 5.96. The molecule has 3 heteroatoms. The number of carbonyl (C=O) groups excluding carboxylic acids is 1. The number of carbonyl (C=O) groups is 1. The molecule has 0 aromatic heterocycles. The van der Waals surface area contributed by atoms with E-state index in [1.165, 1.54) is 18.2 Å². The van der Waals surface area contributed by atoms with Gasteiger partial charge in [0.05, 0.1) is 13.7 Å². The summed E-state index contributed by atoms with van der Waals surface area (Å²) >= 11 is 0. The Morgan fingerprint density at radius 3 is 2.50 bits per heavy atom. The summed E-state index contributed by atoms with van der Waals surface area (Å²) in [6.07, 6.45) is 2.09. The third-order valence-electron chi connectivity index (χ3n) is 3.27. The first-order valence-electron chi connectivity index (χ1n) is 7.21. The molecule has 20 heavy (non-hydrogen) atoms. The first kappa shape index (κ1) is 16.5. The fourth-order valence-electron chi connectivity index (χ4n) is 2.01. The molecule has 0 aliphatic carbocycles. The number of hydrogen-bond donors (Lipinski definition) is 0. The van der Waals surface area contributed by atoms with Crippen LogP contribution >= 0.6 is 0 Å². The summed E-state index contributed by atoms with van der Waals surface area (Å²) in [5.74, 6) is 0.727. The van der Waals surface area contributed by atoms with Crippen molar-refractivity contribution in [3.05, 3.63) is 29.3 Å². The molecule has 0 spiro atoms. The van der Waals surface area contributed by atoms with Gasteiger partial charge in [0.1, 0.15) is 5.75 Å². The van der Waals surface area contributed by atoms with Crippen LogP contribution in [0.25, 0.3) is 0 Å². The van der Waals surface area contributed by atoms with Crippen molar-refractivity contribution in [2.45, 2.75) is 52.4 Å². The van der Waals surface area contributed by atoms with E-state index in [4.69, 9.17) is 4.74 Å². The molecule has 0 saturated carbocycles. The SMILES string of the molecule is CCc1ccc(OCCCC(=O)OC)c(C(C)(C)C)c1. The van der Waals surface area contributed by atoms with Crippen molar-refractivity contribution >= 4 is 5.97 Å². The molecule has 1 aromatic rings. The van der Waals surface area contributed by atoms with Gasteiger partial charge in [0.25, 0.3) is 0 Å². The molecule has 0 fully saturated rings. The largest absolute Gasteiger partial charge is 0.493 e. The highest BCUT2D eigenvalue weighted by atomic mass is 16.5. The lowest BCUT2D eigenvalue weighted by Gasteiger charge is -2.23. The van der Waals surface area contributed by atoms with Crippen molar-refractivity contribution < 1.29 is 14.3 Å². The molecule has 0 heterocycles. The van der Waals surface area contributed by atoms with Crippen LogP contribution in [-0.4, -0.2) is 19.7 Å². The summed E-state index contributed by atoms with van der Waals surface area (Å²) in [5, 5.41) is 0. The van der Waals surface area contributed by atoms with Gasteiger partial charge in [0, 0.05) is 6.42 Å². The van der Waals surface area contributed by atoms with E-state index in [1.807, 2.05) is 6.07 Å². The van der Waals surface area contributed by atoms with Crippen LogP contribution < -0.4 is 4.74 Å². The topological polar surface area (TPSA) is 35.5 Å². The molecule has 1 aromatic carbocycles. The van der Waals surface area contributed by atoms with Crippen LogP contribution in [-0.2, 0) is 21.4 Å². The Kier molecular flexibility index (Phi) is 6.05. The molecule has 0 unspecified atom stereocenters. The highest BCUT2D eigenvalue weighted by Crippen LogP contribution is 2.32. The van der Waals surface area contributed by atoms with E-state index in [0.717, 1.165) is 12.2 Å². The molecule has 112 valence electrons. The van der Waals surface area contributed by atoms with Crippen molar-refractivity contribution in [2.75, 3.05) is 13.7 Å². The van der Waals surface area contributed by atoms with Gasteiger partial charge < -0.3 is 9.47 Å². The molecule has 3 nitrogen and oxygen atoms in total. The molecule has 0 radical (unpaired) electrons. The van der Waals surface area contributed by atoms with Crippen LogP contribution in [0.1, 0.15) is 51.7 Å². The van der Waals surface area contributed by atoms with Gasteiger partial charge in [-0.25, -0.2) is 0 Å².